The predicted octanol–water partition coefficient (Wildman–Crippen LogP) is 1.86. The molecule has 0 spiro atoms. The molecule has 1 N–H and O–H groups in total. The van der Waals surface area contributed by atoms with E-state index < -0.39 is 0 Å². The van der Waals surface area contributed by atoms with E-state index in [1.165, 1.54) is 0 Å². The van der Waals surface area contributed by atoms with Crippen molar-refractivity contribution in [2.24, 2.45) is 5.92 Å². The number of hydrogen-bond donors (Lipinski definition) is 1. The highest BCUT2D eigenvalue weighted by Crippen LogP contribution is 2.20. The SMILES string of the molecule is CCCC1NC(=O)CCN(CC2CC=CCC2)C1=O. The Kier molecular flexibility index (Phi) is 5.00. The summed E-state index contributed by atoms with van der Waals surface area (Å²) in [6.45, 7) is 3.42. The van der Waals surface area contributed by atoms with Crippen LogP contribution in [0.25, 0.3) is 0 Å². The molecule has 106 valence electrons. The van der Waals surface area contributed by atoms with Crippen LogP contribution in [-0.4, -0.2) is 35.8 Å². The van der Waals surface area contributed by atoms with Gasteiger partial charge in [-0.3, -0.25) is 9.59 Å². The highest BCUT2D eigenvalue weighted by Gasteiger charge is 2.30. The van der Waals surface area contributed by atoms with Crippen molar-refractivity contribution in [3.05, 3.63) is 12.2 Å². The Balaban J connectivity index is 1.98. The molecular formula is C15H24N2O2. The van der Waals surface area contributed by atoms with Gasteiger partial charge in [-0.2, -0.15) is 0 Å². The fourth-order valence-corrected chi connectivity index (χ4v) is 2.89. The maximum atomic E-state index is 12.4. The van der Waals surface area contributed by atoms with Gasteiger partial charge in [0.2, 0.25) is 11.8 Å². The van der Waals surface area contributed by atoms with Gasteiger partial charge in [-0.15, -0.1) is 0 Å². The lowest BCUT2D eigenvalue weighted by Crippen LogP contribution is -2.46. The molecule has 4 nitrogen and oxygen atoms in total. The minimum Gasteiger partial charge on any atom is -0.344 e. The van der Waals surface area contributed by atoms with Crippen molar-refractivity contribution in [2.45, 2.75) is 51.5 Å². The number of amides is 2. The second kappa shape index (κ2) is 6.73. The van der Waals surface area contributed by atoms with E-state index in [9.17, 15) is 9.59 Å². The largest absolute Gasteiger partial charge is 0.344 e. The Morgan fingerprint density at radius 2 is 2.21 bits per heavy atom. The van der Waals surface area contributed by atoms with Gasteiger partial charge in [0.1, 0.15) is 6.04 Å². The molecular weight excluding hydrogens is 240 g/mol. The second-order valence-electron chi connectivity index (χ2n) is 5.59. The van der Waals surface area contributed by atoms with Crippen LogP contribution < -0.4 is 5.32 Å². The Hall–Kier alpha value is -1.32. The first kappa shape index (κ1) is 14.1. The molecule has 1 saturated heterocycles. The first-order chi connectivity index (χ1) is 9.20. The monoisotopic (exact) mass is 264 g/mol. The van der Waals surface area contributed by atoms with Crippen LogP contribution in [0.15, 0.2) is 12.2 Å². The van der Waals surface area contributed by atoms with Gasteiger partial charge in [0, 0.05) is 19.5 Å². The van der Waals surface area contributed by atoms with Crippen molar-refractivity contribution >= 4 is 11.8 Å². The minimum atomic E-state index is -0.306. The number of carbonyl (C=O) groups is 2. The van der Waals surface area contributed by atoms with Gasteiger partial charge in [0.05, 0.1) is 0 Å². The van der Waals surface area contributed by atoms with E-state index in [4.69, 9.17) is 0 Å². The van der Waals surface area contributed by atoms with Crippen LogP contribution in [0.5, 0.6) is 0 Å². The molecule has 1 aliphatic heterocycles. The van der Waals surface area contributed by atoms with Gasteiger partial charge in [-0.25, -0.2) is 0 Å². The van der Waals surface area contributed by atoms with Gasteiger partial charge in [0.25, 0.3) is 0 Å². The third-order valence-corrected chi connectivity index (χ3v) is 3.99. The average molecular weight is 264 g/mol. The van der Waals surface area contributed by atoms with Crippen LogP contribution in [0.4, 0.5) is 0 Å². The summed E-state index contributed by atoms with van der Waals surface area (Å²) in [6.07, 6.45) is 9.85. The van der Waals surface area contributed by atoms with Gasteiger partial charge >= 0.3 is 0 Å². The minimum absolute atomic E-state index is 0.0119. The molecule has 4 heteroatoms. The third-order valence-electron chi connectivity index (χ3n) is 3.99. The molecule has 0 aromatic carbocycles. The zero-order valence-electron chi connectivity index (χ0n) is 11.7. The molecule has 1 aliphatic carbocycles. The third kappa shape index (κ3) is 3.82. The molecule has 1 fully saturated rings. The number of nitrogens with one attached hydrogen (secondary N) is 1. The zero-order valence-corrected chi connectivity index (χ0v) is 11.7. The van der Waals surface area contributed by atoms with Crippen LogP contribution in [0.1, 0.15) is 45.4 Å². The summed E-state index contributed by atoms with van der Waals surface area (Å²) in [7, 11) is 0. The summed E-state index contributed by atoms with van der Waals surface area (Å²) in [5.41, 5.74) is 0. The van der Waals surface area contributed by atoms with E-state index in [0.29, 0.717) is 18.9 Å². The Morgan fingerprint density at radius 3 is 2.89 bits per heavy atom. The summed E-state index contributed by atoms with van der Waals surface area (Å²) in [6, 6.07) is -0.306. The lowest BCUT2D eigenvalue weighted by Gasteiger charge is -2.28. The fourth-order valence-electron chi connectivity index (χ4n) is 2.89. The van der Waals surface area contributed by atoms with Gasteiger partial charge in [-0.1, -0.05) is 25.5 Å². The standard InChI is InChI=1S/C15H24N2O2/c1-2-6-13-15(19)17(10-9-14(18)16-13)11-12-7-4-3-5-8-12/h3-4,12-13H,2,5-11H2,1H3,(H,16,18). The average Bonchev–Trinajstić information content (AvgIpc) is 2.54. The predicted molar refractivity (Wildman–Crippen MR) is 74.5 cm³/mol. The molecule has 0 radical (unpaired) electrons. The quantitative estimate of drug-likeness (QED) is 0.788. The Bertz CT molecular complexity index is 365. The number of allylic oxidation sites excluding steroid dienone is 2. The molecule has 19 heavy (non-hydrogen) atoms. The lowest BCUT2D eigenvalue weighted by molar-refractivity contribution is -0.134. The molecule has 0 saturated carbocycles. The van der Waals surface area contributed by atoms with Gasteiger partial charge in [0.15, 0.2) is 0 Å². The van der Waals surface area contributed by atoms with E-state index in [0.717, 1.165) is 38.6 Å². The first-order valence-electron chi connectivity index (χ1n) is 7.44. The number of rotatable bonds is 4. The molecule has 2 unspecified atom stereocenters. The summed E-state index contributed by atoms with van der Waals surface area (Å²) in [4.78, 5) is 26.0. The van der Waals surface area contributed by atoms with Crippen molar-refractivity contribution < 1.29 is 9.59 Å². The molecule has 1 heterocycles. The fraction of sp³-hybridized carbons (Fsp3) is 0.733. The maximum Gasteiger partial charge on any atom is 0.245 e. The van der Waals surface area contributed by atoms with Crippen molar-refractivity contribution in [1.82, 2.24) is 10.2 Å². The van der Waals surface area contributed by atoms with Crippen LogP contribution >= 0.6 is 0 Å². The van der Waals surface area contributed by atoms with Crippen LogP contribution in [-0.2, 0) is 9.59 Å². The second-order valence-corrected chi connectivity index (χ2v) is 5.59. The van der Waals surface area contributed by atoms with E-state index in [1.807, 2.05) is 11.8 Å². The summed E-state index contributed by atoms with van der Waals surface area (Å²) in [5.74, 6) is 0.685. The smallest absolute Gasteiger partial charge is 0.245 e. The van der Waals surface area contributed by atoms with Crippen molar-refractivity contribution in [2.75, 3.05) is 13.1 Å². The number of carbonyl (C=O) groups excluding carboxylic acids is 2. The zero-order chi connectivity index (χ0) is 13.7. The van der Waals surface area contributed by atoms with Gasteiger partial charge in [-0.05, 0) is 31.6 Å². The first-order valence-corrected chi connectivity index (χ1v) is 7.44. The van der Waals surface area contributed by atoms with Crippen molar-refractivity contribution in [1.29, 1.82) is 0 Å². The van der Waals surface area contributed by atoms with E-state index in [2.05, 4.69) is 17.5 Å². The van der Waals surface area contributed by atoms with Crippen molar-refractivity contribution in [3.63, 3.8) is 0 Å². The van der Waals surface area contributed by atoms with Crippen LogP contribution in [0.3, 0.4) is 0 Å². The van der Waals surface area contributed by atoms with Crippen LogP contribution in [0, 0.1) is 5.92 Å². The lowest BCUT2D eigenvalue weighted by atomic mass is 9.93. The molecule has 2 amide bonds. The molecule has 2 rings (SSSR count). The number of hydrogen-bond acceptors (Lipinski definition) is 2. The van der Waals surface area contributed by atoms with Crippen molar-refractivity contribution in [3.8, 4) is 0 Å². The Morgan fingerprint density at radius 1 is 1.37 bits per heavy atom. The topological polar surface area (TPSA) is 49.4 Å². The van der Waals surface area contributed by atoms with E-state index >= 15 is 0 Å². The van der Waals surface area contributed by atoms with Crippen LogP contribution in [0.2, 0.25) is 0 Å². The highest BCUT2D eigenvalue weighted by molar-refractivity contribution is 5.89. The maximum absolute atomic E-state index is 12.4. The van der Waals surface area contributed by atoms with Gasteiger partial charge < -0.3 is 10.2 Å². The normalized spacial score (nSPS) is 28.2. The van der Waals surface area contributed by atoms with E-state index in [1.54, 1.807) is 0 Å². The summed E-state index contributed by atoms with van der Waals surface area (Å²) < 4.78 is 0. The summed E-state index contributed by atoms with van der Waals surface area (Å²) >= 11 is 0. The number of nitrogens with zero attached hydrogens (tertiary/aromatic N) is 1. The summed E-state index contributed by atoms with van der Waals surface area (Å²) in [5, 5.41) is 2.85. The molecule has 0 bridgehead atoms. The molecule has 0 aromatic rings. The van der Waals surface area contributed by atoms with E-state index in [-0.39, 0.29) is 17.9 Å². The molecule has 2 atom stereocenters. The Labute approximate surface area is 115 Å². The molecule has 0 aromatic heterocycles. The molecule has 2 aliphatic rings. The highest BCUT2D eigenvalue weighted by atomic mass is 16.2.